The van der Waals surface area contributed by atoms with Crippen molar-refractivity contribution in [3.8, 4) is 17.1 Å². The van der Waals surface area contributed by atoms with E-state index in [2.05, 4.69) is 23.7 Å². The van der Waals surface area contributed by atoms with Crippen molar-refractivity contribution in [2.75, 3.05) is 25.1 Å². The number of nitrogens with zero attached hydrogens (tertiary/aromatic N) is 3. The van der Waals surface area contributed by atoms with Gasteiger partial charge in [0.05, 0.1) is 25.5 Å². The van der Waals surface area contributed by atoms with Crippen LogP contribution in [0.25, 0.3) is 11.4 Å². The number of hydrogen-bond acceptors (Lipinski definition) is 5. The van der Waals surface area contributed by atoms with Crippen LogP contribution in [-0.4, -0.2) is 42.4 Å². The molecular formula is C17H21N3O2. The van der Waals surface area contributed by atoms with E-state index in [-0.39, 0.29) is 12.2 Å². The van der Waals surface area contributed by atoms with Gasteiger partial charge in [0.1, 0.15) is 0 Å². The molecule has 2 atom stereocenters. The summed E-state index contributed by atoms with van der Waals surface area (Å²) in [6.45, 7) is 5.75. The van der Waals surface area contributed by atoms with Gasteiger partial charge in [-0.2, -0.15) is 0 Å². The molecule has 2 aromatic rings. The van der Waals surface area contributed by atoms with Crippen molar-refractivity contribution in [1.82, 2.24) is 9.97 Å². The van der Waals surface area contributed by atoms with E-state index < -0.39 is 0 Å². The van der Waals surface area contributed by atoms with Crippen LogP contribution in [0.3, 0.4) is 0 Å². The van der Waals surface area contributed by atoms with Gasteiger partial charge in [-0.1, -0.05) is 30.3 Å². The quantitative estimate of drug-likeness (QED) is 0.872. The monoisotopic (exact) mass is 299 g/mol. The number of morpholine rings is 1. The minimum atomic E-state index is 0.170. The summed E-state index contributed by atoms with van der Waals surface area (Å²) in [6, 6.07) is 9.98. The van der Waals surface area contributed by atoms with Crippen LogP contribution in [0.5, 0.6) is 5.75 Å². The summed E-state index contributed by atoms with van der Waals surface area (Å²) in [4.78, 5) is 11.4. The average Bonchev–Trinajstić information content (AvgIpc) is 2.54. The normalized spacial score (nSPS) is 21.7. The molecule has 0 spiro atoms. The average molecular weight is 299 g/mol. The highest BCUT2D eigenvalue weighted by atomic mass is 16.5. The summed E-state index contributed by atoms with van der Waals surface area (Å²) in [5, 5.41) is 0. The van der Waals surface area contributed by atoms with Gasteiger partial charge in [0.15, 0.2) is 17.4 Å². The lowest BCUT2D eigenvalue weighted by molar-refractivity contribution is -0.00558. The van der Waals surface area contributed by atoms with Crippen LogP contribution >= 0.6 is 0 Å². The second kappa shape index (κ2) is 6.32. The summed E-state index contributed by atoms with van der Waals surface area (Å²) in [7, 11) is 1.65. The second-order valence-electron chi connectivity index (χ2n) is 5.61. The van der Waals surface area contributed by atoms with Crippen molar-refractivity contribution in [3.63, 3.8) is 0 Å². The highest BCUT2D eigenvalue weighted by Crippen LogP contribution is 2.30. The molecule has 0 radical (unpaired) electrons. The third-order valence-electron chi connectivity index (χ3n) is 3.71. The molecule has 0 saturated carbocycles. The molecule has 1 aliphatic heterocycles. The van der Waals surface area contributed by atoms with Crippen molar-refractivity contribution in [2.45, 2.75) is 26.1 Å². The molecule has 2 heterocycles. The zero-order valence-electron chi connectivity index (χ0n) is 13.2. The molecule has 3 rings (SSSR count). The third kappa shape index (κ3) is 3.04. The molecule has 0 aliphatic carbocycles. The minimum absolute atomic E-state index is 0.170. The van der Waals surface area contributed by atoms with Gasteiger partial charge in [-0.15, -0.1) is 0 Å². The molecule has 1 aliphatic rings. The number of benzene rings is 1. The van der Waals surface area contributed by atoms with E-state index in [0.717, 1.165) is 24.5 Å². The van der Waals surface area contributed by atoms with Gasteiger partial charge >= 0.3 is 0 Å². The second-order valence-corrected chi connectivity index (χ2v) is 5.61. The molecule has 116 valence electrons. The molecular weight excluding hydrogens is 278 g/mol. The fourth-order valence-corrected chi connectivity index (χ4v) is 2.81. The summed E-state index contributed by atoms with van der Waals surface area (Å²) < 4.78 is 11.3. The number of aromatic nitrogens is 2. The Morgan fingerprint density at radius 2 is 1.82 bits per heavy atom. The SMILES string of the molecule is COc1cnc(-c2ccccc2)nc1N1C[C@H](C)O[C@@H](C)C1. The summed E-state index contributed by atoms with van der Waals surface area (Å²) in [5.74, 6) is 2.24. The summed E-state index contributed by atoms with van der Waals surface area (Å²) in [5.41, 5.74) is 1.00. The number of ether oxygens (including phenoxy) is 2. The van der Waals surface area contributed by atoms with Gasteiger partial charge in [-0.25, -0.2) is 9.97 Å². The largest absolute Gasteiger partial charge is 0.491 e. The Morgan fingerprint density at radius 3 is 2.45 bits per heavy atom. The van der Waals surface area contributed by atoms with Crippen molar-refractivity contribution in [3.05, 3.63) is 36.5 Å². The third-order valence-corrected chi connectivity index (χ3v) is 3.71. The Kier molecular flexibility index (Phi) is 4.24. The maximum absolute atomic E-state index is 5.80. The van der Waals surface area contributed by atoms with Crippen LogP contribution < -0.4 is 9.64 Å². The van der Waals surface area contributed by atoms with E-state index in [1.54, 1.807) is 13.3 Å². The fourth-order valence-electron chi connectivity index (χ4n) is 2.81. The van der Waals surface area contributed by atoms with Crippen LogP contribution in [0.4, 0.5) is 5.82 Å². The van der Waals surface area contributed by atoms with E-state index in [1.807, 2.05) is 30.3 Å². The number of hydrogen-bond donors (Lipinski definition) is 0. The number of rotatable bonds is 3. The minimum Gasteiger partial charge on any atom is -0.491 e. The molecule has 0 amide bonds. The zero-order valence-corrected chi connectivity index (χ0v) is 13.2. The van der Waals surface area contributed by atoms with Crippen LogP contribution in [0, 0.1) is 0 Å². The van der Waals surface area contributed by atoms with Crippen molar-refractivity contribution >= 4 is 5.82 Å². The van der Waals surface area contributed by atoms with Gasteiger partial charge in [0.25, 0.3) is 0 Å². The Hall–Kier alpha value is -2.14. The molecule has 0 unspecified atom stereocenters. The van der Waals surface area contributed by atoms with Gasteiger partial charge < -0.3 is 14.4 Å². The first-order valence-corrected chi connectivity index (χ1v) is 7.54. The highest BCUT2D eigenvalue weighted by Gasteiger charge is 2.26. The van der Waals surface area contributed by atoms with Crippen molar-refractivity contribution < 1.29 is 9.47 Å². The summed E-state index contributed by atoms with van der Waals surface area (Å²) in [6.07, 6.45) is 2.09. The van der Waals surface area contributed by atoms with Gasteiger partial charge in [-0.05, 0) is 13.8 Å². The number of methoxy groups -OCH3 is 1. The van der Waals surface area contributed by atoms with Crippen molar-refractivity contribution in [1.29, 1.82) is 0 Å². The molecule has 5 nitrogen and oxygen atoms in total. The van der Waals surface area contributed by atoms with Crippen molar-refractivity contribution in [2.24, 2.45) is 0 Å². The van der Waals surface area contributed by atoms with Gasteiger partial charge in [0.2, 0.25) is 0 Å². The van der Waals surface area contributed by atoms with Crippen LogP contribution in [0.1, 0.15) is 13.8 Å². The first kappa shape index (κ1) is 14.8. The van der Waals surface area contributed by atoms with E-state index in [4.69, 9.17) is 14.5 Å². The van der Waals surface area contributed by atoms with E-state index in [0.29, 0.717) is 11.6 Å². The lowest BCUT2D eigenvalue weighted by atomic mass is 10.2. The molecule has 1 aromatic heterocycles. The molecule has 1 saturated heterocycles. The molecule has 22 heavy (non-hydrogen) atoms. The maximum Gasteiger partial charge on any atom is 0.179 e. The Morgan fingerprint density at radius 1 is 1.14 bits per heavy atom. The Labute approximate surface area is 130 Å². The lowest BCUT2D eigenvalue weighted by Crippen LogP contribution is -2.46. The highest BCUT2D eigenvalue weighted by molar-refractivity contribution is 5.61. The van der Waals surface area contributed by atoms with Crippen LogP contribution in [-0.2, 0) is 4.74 Å². The molecule has 0 N–H and O–H groups in total. The first-order valence-electron chi connectivity index (χ1n) is 7.54. The zero-order chi connectivity index (χ0) is 15.5. The van der Waals surface area contributed by atoms with Gasteiger partial charge in [0, 0.05) is 18.7 Å². The van der Waals surface area contributed by atoms with Gasteiger partial charge in [-0.3, -0.25) is 0 Å². The first-order chi connectivity index (χ1) is 10.7. The summed E-state index contributed by atoms with van der Waals surface area (Å²) >= 11 is 0. The topological polar surface area (TPSA) is 47.5 Å². The maximum atomic E-state index is 5.80. The Bertz CT molecular complexity index is 623. The van der Waals surface area contributed by atoms with E-state index in [1.165, 1.54) is 0 Å². The standard InChI is InChI=1S/C17H21N3O2/c1-12-10-20(11-13(2)22-12)17-15(21-3)9-18-16(19-17)14-7-5-4-6-8-14/h4-9,12-13H,10-11H2,1-3H3/t12-,13-/m0/s1. The lowest BCUT2D eigenvalue weighted by Gasteiger charge is -2.36. The predicted molar refractivity (Wildman–Crippen MR) is 86.2 cm³/mol. The van der Waals surface area contributed by atoms with Crippen LogP contribution in [0.2, 0.25) is 0 Å². The Balaban J connectivity index is 1.98. The molecule has 1 fully saturated rings. The fraction of sp³-hybridized carbons (Fsp3) is 0.412. The molecule has 1 aromatic carbocycles. The predicted octanol–water partition coefficient (Wildman–Crippen LogP) is 2.77. The molecule has 0 bridgehead atoms. The van der Waals surface area contributed by atoms with E-state index in [9.17, 15) is 0 Å². The van der Waals surface area contributed by atoms with Crippen LogP contribution in [0.15, 0.2) is 36.5 Å². The molecule has 5 heteroatoms. The smallest absolute Gasteiger partial charge is 0.179 e. The van der Waals surface area contributed by atoms with E-state index >= 15 is 0 Å². The number of anilines is 1.